The van der Waals surface area contributed by atoms with E-state index in [-0.39, 0.29) is 17.7 Å². The van der Waals surface area contributed by atoms with Gasteiger partial charge in [-0.25, -0.2) is 9.59 Å². The van der Waals surface area contributed by atoms with Crippen molar-refractivity contribution in [3.05, 3.63) is 40.5 Å². The van der Waals surface area contributed by atoms with Crippen molar-refractivity contribution in [2.24, 2.45) is 0 Å². The summed E-state index contributed by atoms with van der Waals surface area (Å²) in [5.74, 6) is -0.449. The van der Waals surface area contributed by atoms with Gasteiger partial charge in [0.15, 0.2) is 0 Å². The molecule has 0 aliphatic heterocycles. The molecule has 10 heteroatoms. The van der Waals surface area contributed by atoms with Gasteiger partial charge >= 0.3 is 22.4 Å². The molecule has 1 aromatic carbocycles. The average molecular weight is 478 g/mol. The van der Waals surface area contributed by atoms with Gasteiger partial charge < -0.3 is 13.7 Å². The summed E-state index contributed by atoms with van der Waals surface area (Å²) in [6.45, 7) is 8.50. The second-order valence-corrected chi connectivity index (χ2v) is 8.33. The summed E-state index contributed by atoms with van der Waals surface area (Å²) in [7, 11) is -4.45. The largest absolute Gasteiger partial charge is 0.459 e. The number of nitrogens with one attached hydrogen (secondary N) is 1. The lowest BCUT2D eigenvalue weighted by molar-refractivity contribution is -0.140. The zero-order chi connectivity index (χ0) is 21.5. The van der Waals surface area contributed by atoms with E-state index in [4.69, 9.17) is 13.7 Å². The van der Waals surface area contributed by atoms with Crippen molar-refractivity contribution < 1.29 is 31.7 Å². The highest BCUT2D eigenvalue weighted by Crippen LogP contribution is 2.25. The molecule has 28 heavy (non-hydrogen) atoms. The molecule has 1 unspecified atom stereocenters. The molecule has 1 aromatic rings. The summed E-state index contributed by atoms with van der Waals surface area (Å²) in [4.78, 5) is 23.4. The van der Waals surface area contributed by atoms with E-state index in [1.54, 1.807) is 44.5 Å². The van der Waals surface area contributed by atoms with Gasteiger partial charge in [0, 0.05) is 11.4 Å². The first-order chi connectivity index (χ1) is 12.9. The minimum Gasteiger partial charge on any atom is -0.459 e. The number of allylic oxidation sites excluding steroid dienone is 1. The van der Waals surface area contributed by atoms with Crippen molar-refractivity contribution in [1.29, 1.82) is 0 Å². The number of esters is 1. The molecule has 0 radical (unpaired) electrons. The smallest absolute Gasteiger partial charge is 0.423 e. The Morgan fingerprint density at radius 2 is 1.75 bits per heavy atom. The fourth-order valence-corrected chi connectivity index (χ4v) is 3.36. The summed E-state index contributed by atoms with van der Waals surface area (Å²) in [5, 5.41) is 0.138. The number of benzene rings is 1. The highest BCUT2D eigenvalue weighted by molar-refractivity contribution is 9.09. The molecule has 0 aromatic heterocycles. The van der Waals surface area contributed by atoms with E-state index in [0.717, 1.165) is 11.1 Å². The maximum atomic E-state index is 12.1. The number of hydrogen-bond acceptors (Lipinski definition) is 7. The number of rotatable bonds is 8. The quantitative estimate of drug-likeness (QED) is 0.347. The Morgan fingerprint density at radius 1 is 1.18 bits per heavy atom. The van der Waals surface area contributed by atoms with Crippen molar-refractivity contribution >= 4 is 38.3 Å². The van der Waals surface area contributed by atoms with Crippen LogP contribution in [0.2, 0.25) is 0 Å². The molecule has 8 nitrogen and oxygen atoms in total. The molecule has 1 N–H and O–H groups in total. The van der Waals surface area contributed by atoms with E-state index in [1.807, 2.05) is 6.92 Å². The lowest BCUT2D eigenvalue weighted by Gasteiger charge is -2.17. The van der Waals surface area contributed by atoms with E-state index in [2.05, 4.69) is 15.9 Å². The highest BCUT2D eigenvalue weighted by atomic mass is 79.9. The molecular weight excluding hydrogens is 454 g/mol. The third kappa shape index (κ3) is 8.30. The van der Waals surface area contributed by atoms with Gasteiger partial charge in [0.25, 0.3) is 0 Å². The summed E-state index contributed by atoms with van der Waals surface area (Å²) >= 11 is 3.11. The standard InChI is InChI=1S/C18H24BrNO7S/c1-11(2)6-16(21)25-10-15(9-19)26-18(22)20-28(23,24)27-17-13(4)7-12(3)8-14(17)5/h6-8,15H,9-10H2,1-5H3,(H,20,22). The Balaban J connectivity index is 2.69. The molecule has 156 valence electrons. The van der Waals surface area contributed by atoms with Crippen LogP contribution in [0.15, 0.2) is 23.8 Å². The van der Waals surface area contributed by atoms with Crippen LogP contribution < -0.4 is 8.91 Å². The van der Waals surface area contributed by atoms with Gasteiger partial charge in [-0.15, -0.1) is 0 Å². The molecule has 0 heterocycles. The van der Waals surface area contributed by atoms with Gasteiger partial charge in [0.05, 0.1) is 0 Å². The molecule has 1 atom stereocenters. The molecule has 0 aliphatic rings. The summed E-state index contributed by atoms with van der Waals surface area (Å²) < 4.78 is 40.8. The van der Waals surface area contributed by atoms with Gasteiger partial charge in [0.2, 0.25) is 0 Å². The van der Waals surface area contributed by atoms with Gasteiger partial charge in [-0.1, -0.05) is 39.2 Å². The predicted octanol–water partition coefficient (Wildman–Crippen LogP) is 3.23. The van der Waals surface area contributed by atoms with Crippen molar-refractivity contribution in [2.45, 2.75) is 40.7 Å². The Bertz CT molecular complexity index is 838. The van der Waals surface area contributed by atoms with E-state index < -0.39 is 28.5 Å². The summed E-state index contributed by atoms with van der Waals surface area (Å²) in [6.07, 6.45) is -0.840. The van der Waals surface area contributed by atoms with Crippen LogP contribution in [0.5, 0.6) is 5.75 Å². The first kappa shape index (κ1) is 24.0. The minimum absolute atomic E-state index is 0.138. The Kier molecular flexibility index (Phi) is 8.96. The van der Waals surface area contributed by atoms with Crippen LogP contribution in [0.4, 0.5) is 4.79 Å². The second-order valence-electron chi connectivity index (χ2n) is 6.40. The number of amides is 1. The van der Waals surface area contributed by atoms with E-state index in [0.29, 0.717) is 11.1 Å². The minimum atomic E-state index is -4.45. The highest BCUT2D eigenvalue weighted by Gasteiger charge is 2.23. The SMILES string of the molecule is CC(C)=CC(=O)OCC(CBr)OC(=O)NS(=O)(=O)Oc1c(C)cc(C)cc1C. The van der Waals surface area contributed by atoms with Gasteiger partial charge in [-0.2, -0.15) is 13.1 Å². The molecule has 0 spiro atoms. The maximum Gasteiger partial charge on any atom is 0.423 e. The van der Waals surface area contributed by atoms with E-state index in [1.165, 1.54) is 6.08 Å². The number of carbonyl (C=O) groups is 2. The molecule has 0 saturated heterocycles. The Morgan fingerprint density at radius 3 is 2.25 bits per heavy atom. The summed E-state index contributed by atoms with van der Waals surface area (Å²) in [5.41, 5.74) is 2.93. The van der Waals surface area contributed by atoms with Crippen LogP contribution in [0.25, 0.3) is 0 Å². The number of aryl methyl sites for hydroxylation is 3. The molecular formula is C18H24BrNO7S. The van der Waals surface area contributed by atoms with Crippen molar-refractivity contribution in [1.82, 2.24) is 4.72 Å². The number of alkyl halides is 1. The third-order valence-corrected chi connectivity index (χ3v) is 4.79. The van der Waals surface area contributed by atoms with Gasteiger partial charge in [-0.3, -0.25) is 0 Å². The number of ether oxygens (including phenoxy) is 2. The Labute approximate surface area is 173 Å². The van der Waals surface area contributed by atoms with Crippen LogP contribution in [0.3, 0.4) is 0 Å². The zero-order valence-corrected chi connectivity index (χ0v) is 18.8. The van der Waals surface area contributed by atoms with Gasteiger partial charge in [0.1, 0.15) is 18.5 Å². The molecule has 1 rings (SSSR count). The number of halogens is 1. The lowest BCUT2D eigenvalue weighted by atomic mass is 10.1. The third-order valence-electron chi connectivity index (χ3n) is 3.27. The van der Waals surface area contributed by atoms with Crippen molar-refractivity contribution in [3.63, 3.8) is 0 Å². The first-order valence-electron chi connectivity index (χ1n) is 8.31. The lowest BCUT2D eigenvalue weighted by Crippen LogP contribution is -2.38. The average Bonchev–Trinajstić information content (AvgIpc) is 2.53. The number of hydrogen-bond donors (Lipinski definition) is 1. The maximum absolute atomic E-state index is 12.1. The monoisotopic (exact) mass is 477 g/mol. The van der Waals surface area contributed by atoms with Crippen molar-refractivity contribution in [3.8, 4) is 5.75 Å². The van der Waals surface area contributed by atoms with Gasteiger partial charge in [-0.05, 0) is 45.7 Å². The topological polar surface area (TPSA) is 108 Å². The molecule has 0 fully saturated rings. The van der Waals surface area contributed by atoms with Crippen molar-refractivity contribution in [2.75, 3.05) is 11.9 Å². The fraction of sp³-hybridized carbons (Fsp3) is 0.444. The molecule has 0 saturated carbocycles. The normalized spacial score (nSPS) is 11.9. The zero-order valence-electron chi connectivity index (χ0n) is 16.4. The summed E-state index contributed by atoms with van der Waals surface area (Å²) in [6, 6.07) is 3.52. The van der Waals surface area contributed by atoms with Crippen LogP contribution in [-0.2, 0) is 24.6 Å². The van der Waals surface area contributed by atoms with E-state index in [9.17, 15) is 18.0 Å². The van der Waals surface area contributed by atoms with Crippen LogP contribution in [0, 0.1) is 20.8 Å². The fourth-order valence-electron chi connectivity index (χ4n) is 2.27. The predicted molar refractivity (Wildman–Crippen MR) is 108 cm³/mol. The van der Waals surface area contributed by atoms with Crippen LogP contribution >= 0.6 is 15.9 Å². The Hall–Kier alpha value is -2.07. The molecule has 1 amide bonds. The second kappa shape index (κ2) is 10.5. The van der Waals surface area contributed by atoms with Crippen LogP contribution in [0.1, 0.15) is 30.5 Å². The van der Waals surface area contributed by atoms with E-state index >= 15 is 0 Å². The first-order valence-corrected chi connectivity index (χ1v) is 10.8. The number of carbonyl (C=O) groups excluding carboxylic acids is 2. The van der Waals surface area contributed by atoms with Crippen LogP contribution in [-0.4, -0.2) is 38.5 Å². The molecule has 0 bridgehead atoms. The molecule has 0 aliphatic carbocycles.